The van der Waals surface area contributed by atoms with Gasteiger partial charge in [-0.15, -0.1) is 0 Å². The molecule has 3 aromatic heterocycles. The van der Waals surface area contributed by atoms with Crippen molar-refractivity contribution in [2.24, 2.45) is 7.05 Å². The van der Waals surface area contributed by atoms with Crippen LogP contribution in [0.3, 0.4) is 0 Å². The van der Waals surface area contributed by atoms with E-state index in [0.29, 0.717) is 0 Å². The minimum atomic E-state index is 0.751. The predicted molar refractivity (Wildman–Crippen MR) is 71.3 cm³/mol. The van der Waals surface area contributed by atoms with Gasteiger partial charge in [-0.2, -0.15) is 5.10 Å². The highest BCUT2D eigenvalue weighted by Crippen LogP contribution is 2.25. The fraction of sp³-hybridized carbons (Fsp3) is 0.167. The lowest BCUT2D eigenvalue weighted by molar-refractivity contribution is 0.768. The smallest absolute Gasteiger partial charge is 0.187 e. The number of rotatable bonds is 2. The zero-order valence-corrected chi connectivity index (χ0v) is 10.8. The highest BCUT2D eigenvalue weighted by atomic mass is 32.2. The van der Waals surface area contributed by atoms with Gasteiger partial charge >= 0.3 is 0 Å². The topological polar surface area (TPSA) is 56.5 Å². The molecule has 0 aliphatic heterocycles. The van der Waals surface area contributed by atoms with E-state index < -0.39 is 0 Å². The molecule has 0 saturated carbocycles. The summed E-state index contributed by atoms with van der Waals surface area (Å²) in [5.41, 5.74) is 2.68. The highest BCUT2D eigenvalue weighted by molar-refractivity contribution is 7.98. The minimum absolute atomic E-state index is 0.751. The molecule has 5 nitrogen and oxygen atoms in total. The molecule has 0 N–H and O–H groups in total. The van der Waals surface area contributed by atoms with Crippen molar-refractivity contribution < 1.29 is 0 Å². The van der Waals surface area contributed by atoms with Crippen LogP contribution in [0.2, 0.25) is 0 Å². The molecule has 3 rings (SSSR count). The third-order valence-electron chi connectivity index (χ3n) is 2.64. The van der Waals surface area contributed by atoms with E-state index in [-0.39, 0.29) is 0 Å². The van der Waals surface area contributed by atoms with Crippen LogP contribution in [-0.2, 0) is 7.05 Å². The van der Waals surface area contributed by atoms with Gasteiger partial charge < -0.3 is 0 Å². The van der Waals surface area contributed by atoms with Gasteiger partial charge in [0.05, 0.1) is 11.9 Å². The number of pyridine rings is 1. The van der Waals surface area contributed by atoms with E-state index in [9.17, 15) is 0 Å². The van der Waals surface area contributed by atoms with Crippen molar-refractivity contribution in [3.05, 3.63) is 30.9 Å². The monoisotopic (exact) mass is 257 g/mol. The normalized spacial score (nSPS) is 11.0. The van der Waals surface area contributed by atoms with Gasteiger partial charge in [0.25, 0.3) is 0 Å². The van der Waals surface area contributed by atoms with Crippen LogP contribution in [0.4, 0.5) is 0 Å². The van der Waals surface area contributed by atoms with Crippen molar-refractivity contribution in [1.29, 1.82) is 0 Å². The third kappa shape index (κ3) is 1.84. The summed E-state index contributed by atoms with van der Waals surface area (Å²) >= 11 is 1.52. The number of hydrogen-bond acceptors (Lipinski definition) is 5. The number of thioether (sulfide) groups is 1. The SMILES string of the molecule is CSc1ncc2ccnc(-c3cnn(C)c3)c2n1. The van der Waals surface area contributed by atoms with Crippen LogP contribution >= 0.6 is 11.8 Å². The highest BCUT2D eigenvalue weighted by Gasteiger charge is 2.09. The van der Waals surface area contributed by atoms with E-state index in [2.05, 4.69) is 20.1 Å². The lowest BCUT2D eigenvalue weighted by Gasteiger charge is -2.03. The Morgan fingerprint density at radius 1 is 1.22 bits per heavy atom. The van der Waals surface area contributed by atoms with E-state index in [1.165, 1.54) is 11.8 Å². The first kappa shape index (κ1) is 11.2. The lowest BCUT2D eigenvalue weighted by Crippen LogP contribution is -1.92. The summed E-state index contributed by atoms with van der Waals surface area (Å²) < 4.78 is 1.76. The molecule has 0 unspecified atom stereocenters. The number of hydrogen-bond donors (Lipinski definition) is 0. The Bertz CT molecular complexity index is 707. The van der Waals surface area contributed by atoms with E-state index in [0.717, 1.165) is 27.3 Å². The molecule has 90 valence electrons. The van der Waals surface area contributed by atoms with Gasteiger partial charge in [0.15, 0.2) is 5.16 Å². The number of aromatic nitrogens is 5. The van der Waals surface area contributed by atoms with Crippen LogP contribution in [0.15, 0.2) is 36.0 Å². The molecule has 0 spiro atoms. The van der Waals surface area contributed by atoms with Crippen molar-refractivity contribution in [3.63, 3.8) is 0 Å². The van der Waals surface area contributed by atoms with Crippen molar-refractivity contribution >= 4 is 22.7 Å². The van der Waals surface area contributed by atoms with Gasteiger partial charge in [-0.1, -0.05) is 11.8 Å². The first-order valence-corrected chi connectivity index (χ1v) is 6.65. The van der Waals surface area contributed by atoms with Gasteiger partial charge in [-0.05, 0) is 12.3 Å². The summed E-state index contributed by atoms with van der Waals surface area (Å²) in [6.45, 7) is 0. The summed E-state index contributed by atoms with van der Waals surface area (Å²) in [4.78, 5) is 13.2. The third-order valence-corrected chi connectivity index (χ3v) is 3.20. The van der Waals surface area contributed by atoms with Crippen molar-refractivity contribution in [1.82, 2.24) is 24.7 Å². The molecular weight excluding hydrogens is 246 g/mol. The number of fused-ring (bicyclic) bond motifs is 1. The molecule has 0 aliphatic carbocycles. The summed E-state index contributed by atoms with van der Waals surface area (Å²) in [6.07, 6.45) is 9.29. The molecule has 0 aliphatic rings. The second kappa shape index (κ2) is 4.38. The summed E-state index contributed by atoms with van der Waals surface area (Å²) in [5.74, 6) is 0. The van der Waals surface area contributed by atoms with Gasteiger partial charge in [-0.25, -0.2) is 9.97 Å². The van der Waals surface area contributed by atoms with Crippen LogP contribution in [-0.4, -0.2) is 31.0 Å². The van der Waals surface area contributed by atoms with E-state index in [1.54, 1.807) is 17.1 Å². The summed E-state index contributed by atoms with van der Waals surface area (Å²) in [5, 5.41) is 5.91. The standard InChI is InChI=1S/C12H11N5S/c1-17-7-9(6-15-17)10-11-8(3-4-13-10)5-14-12(16-11)18-2/h3-7H,1-2H3. The Hall–Kier alpha value is -1.95. The molecule has 18 heavy (non-hydrogen) atoms. The first-order chi connectivity index (χ1) is 8.78. The maximum absolute atomic E-state index is 4.53. The average Bonchev–Trinajstić information content (AvgIpc) is 2.84. The van der Waals surface area contributed by atoms with Crippen LogP contribution in [0.1, 0.15) is 0 Å². The van der Waals surface area contributed by atoms with Gasteiger partial charge in [0, 0.05) is 36.6 Å². The first-order valence-electron chi connectivity index (χ1n) is 5.42. The van der Waals surface area contributed by atoms with E-state index >= 15 is 0 Å². The second-order valence-electron chi connectivity index (χ2n) is 3.86. The van der Waals surface area contributed by atoms with E-state index in [1.807, 2.05) is 31.8 Å². The van der Waals surface area contributed by atoms with Gasteiger partial charge in [-0.3, -0.25) is 9.67 Å². The molecule has 0 aromatic carbocycles. The Balaban J connectivity index is 2.28. The van der Waals surface area contributed by atoms with Crippen LogP contribution in [0, 0.1) is 0 Å². The lowest BCUT2D eigenvalue weighted by atomic mass is 10.2. The maximum Gasteiger partial charge on any atom is 0.187 e. The average molecular weight is 257 g/mol. The molecule has 3 aromatic rings. The van der Waals surface area contributed by atoms with Crippen LogP contribution < -0.4 is 0 Å². The fourth-order valence-electron chi connectivity index (χ4n) is 1.79. The molecule has 0 saturated heterocycles. The summed E-state index contributed by atoms with van der Waals surface area (Å²) in [7, 11) is 1.89. The van der Waals surface area contributed by atoms with Crippen LogP contribution in [0.5, 0.6) is 0 Å². The fourth-order valence-corrected chi connectivity index (χ4v) is 2.13. The maximum atomic E-state index is 4.53. The number of aryl methyl sites for hydroxylation is 1. The Kier molecular flexibility index (Phi) is 2.71. The van der Waals surface area contributed by atoms with Crippen molar-refractivity contribution in [3.8, 4) is 11.3 Å². The zero-order chi connectivity index (χ0) is 12.5. The van der Waals surface area contributed by atoms with Crippen molar-refractivity contribution in [2.45, 2.75) is 5.16 Å². The molecule has 0 atom stereocenters. The van der Waals surface area contributed by atoms with Crippen molar-refractivity contribution in [2.75, 3.05) is 6.26 Å². The van der Waals surface area contributed by atoms with Gasteiger partial charge in [0.2, 0.25) is 0 Å². The van der Waals surface area contributed by atoms with Crippen LogP contribution in [0.25, 0.3) is 22.2 Å². The molecule has 0 bridgehead atoms. The summed E-state index contributed by atoms with van der Waals surface area (Å²) in [6, 6.07) is 1.92. The molecule has 0 fully saturated rings. The second-order valence-corrected chi connectivity index (χ2v) is 4.63. The quantitative estimate of drug-likeness (QED) is 0.520. The molecule has 0 amide bonds. The largest absolute Gasteiger partial charge is 0.275 e. The zero-order valence-electron chi connectivity index (χ0n) is 10.0. The minimum Gasteiger partial charge on any atom is -0.275 e. The number of nitrogens with zero attached hydrogens (tertiary/aromatic N) is 5. The van der Waals surface area contributed by atoms with Gasteiger partial charge in [0.1, 0.15) is 5.52 Å². The molecular formula is C12H11N5S. The Morgan fingerprint density at radius 3 is 2.83 bits per heavy atom. The van der Waals surface area contributed by atoms with E-state index in [4.69, 9.17) is 0 Å². The Labute approximate surface area is 108 Å². The molecule has 0 radical (unpaired) electrons. The predicted octanol–water partition coefficient (Wildman–Crippen LogP) is 2.15. The molecule has 3 heterocycles. The molecule has 6 heteroatoms. The Morgan fingerprint density at radius 2 is 2.11 bits per heavy atom.